The second kappa shape index (κ2) is 2.51. The van der Waals surface area contributed by atoms with Crippen molar-refractivity contribution >= 4 is 23.8 Å². The summed E-state index contributed by atoms with van der Waals surface area (Å²) < 4.78 is 0. The van der Waals surface area contributed by atoms with Gasteiger partial charge in [-0.3, -0.25) is 9.98 Å². The number of rotatable bonds is 0. The summed E-state index contributed by atoms with van der Waals surface area (Å²) in [4.78, 5) is 16.4. The first-order valence-electron chi connectivity index (χ1n) is 3.69. The SMILES string of the molecule is CN=C1N=CN=C2NC(C)=NC12. The molecule has 0 aromatic carbocycles. The van der Waals surface area contributed by atoms with Crippen LogP contribution >= 0.6 is 0 Å². The van der Waals surface area contributed by atoms with Crippen molar-refractivity contribution in [1.29, 1.82) is 0 Å². The third kappa shape index (κ3) is 0.939. The predicted molar refractivity (Wildman–Crippen MR) is 49.3 cm³/mol. The molecule has 0 aromatic rings. The first-order valence-corrected chi connectivity index (χ1v) is 3.69. The molecule has 1 atom stereocenters. The van der Waals surface area contributed by atoms with Crippen molar-refractivity contribution in [1.82, 2.24) is 5.32 Å². The zero-order chi connectivity index (χ0) is 8.55. The molecule has 1 unspecified atom stereocenters. The Balaban J connectivity index is 2.38. The first kappa shape index (κ1) is 7.15. The van der Waals surface area contributed by atoms with Crippen molar-refractivity contribution < 1.29 is 0 Å². The van der Waals surface area contributed by atoms with E-state index in [1.165, 1.54) is 6.34 Å². The Morgan fingerprint density at radius 1 is 1.58 bits per heavy atom. The lowest BCUT2D eigenvalue weighted by Gasteiger charge is -2.09. The molecule has 0 aromatic heterocycles. The minimum atomic E-state index is -0.0972. The molecule has 1 N–H and O–H groups in total. The van der Waals surface area contributed by atoms with Gasteiger partial charge in [0.05, 0.1) is 5.84 Å². The van der Waals surface area contributed by atoms with Gasteiger partial charge in [0.2, 0.25) is 0 Å². The van der Waals surface area contributed by atoms with Crippen molar-refractivity contribution in [3.8, 4) is 0 Å². The Kier molecular flexibility index (Phi) is 1.49. The van der Waals surface area contributed by atoms with Crippen LogP contribution in [0.5, 0.6) is 0 Å². The molecule has 2 aliphatic heterocycles. The van der Waals surface area contributed by atoms with Crippen LogP contribution in [0.4, 0.5) is 0 Å². The Labute approximate surface area is 70.0 Å². The van der Waals surface area contributed by atoms with E-state index in [9.17, 15) is 0 Å². The zero-order valence-electron chi connectivity index (χ0n) is 6.94. The number of amidine groups is 3. The van der Waals surface area contributed by atoms with Crippen LogP contribution in [0.3, 0.4) is 0 Å². The van der Waals surface area contributed by atoms with Crippen molar-refractivity contribution in [3.63, 3.8) is 0 Å². The van der Waals surface area contributed by atoms with Gasteiger partial charge in [-0.2, -0.15) is 0 Å². The maximum Gasteiger partial charge on any atom is 0.169 e. The molecule has 62 valence electrons. The molecule has 0 saturated carbocycles. The summed E-state index contributed by atoms with van der Waals surface area (Å²) in [5, 5.41) is 3.05. The number of hydrogen-bond acceptors (Lipinski definition) is 4. The van der Waals surface area contributed by atoms with Crippen LogP contribution < -0.4 is 5.32 Å². The highest BCUT2D eigenvalue weighted by Gasteiger charge is 2.28. The summed E-state index contributed by atoms with van der Waals surface area (Å²) in [5.41, 5.74) is 0. The summed E-state index contributed by atoms with van der Waals surface area (Å²) in [6.07, 6.45) is 1.50. The average molecular weight is 163 g/mol. The summed E-state index contributed by atoms with van der Waals surface area (Å²) in [6, 6.07) is -0.0972. The van der Waals surface area contributed by atoms with Crippen LogP contribution in [0.2, 0.25) is 0 Å². The molecule has 2 heterocycles. The van der Waals surface area contributed by atoms with Crippen LogP contribution in [0.25, 0.3) is 0 Å². The summed E-state index contributed by atoms with van der Waals surface area (Å²) >= 11 is 0. The van der Waals surface area contributed by atoms with Gasteiger partial charge < -0.3 is 5.32 Å². The van der Waals surface area contributed by atoms with Gasteiger partial charge in [-0.1, -0.05) is 0 Å². The van der Waals surface area contributed by atoms with E-state index in [1.807, 2.05) is 6.92 Å². The highest BCUT2D eigenvalue weighted by Crippen LogP contribution is 2.08. The number of aliphatic imine (C=N–C) groups is 4. The van der Waals surface area contributed by atoms with E-state index in [0.29, 0.717) is 5.84 Å². The molecule has 0 amide bonds. The van der Waals surface area contributed by atoms with E-state index in [0.717, 1.165) is 11.7 Å². The Bertz CT molecular complexity index is 323. The fourth-order valence-corrected chi connectivity index (χ4v) is 1.22. The van der Waals surface area contributed by atoms with Gasteiger partial charge in [-0.25, -0.2) is 9.98 Å². The van der Waals surface area contributed by atoms with Gasteiger partial charge in [0.1, 0.15) is 12.2 Å². The van der Waals surface area contributed by atoms with Crippen LogP contribution in [0, 0.1) is 0 Å². The van der Waals surface area contributed by atoms with Gasteiger partial charge in [0.15, 0.2) is 11.9 Å². The van der Waals surface area contributed by atoms with Gasteiger partial charge in [0, 0.05) is 7.05 Å². The van der Waals surface area contributed by atoms with Gasteiger partial charge >= 0.3 is 0 Å². The number of nitrogens with zero attached hydrogens (tertiary/aromatic N) is 4. The molecule has 2 rings (SSSR count). The smallest absolute Gasteiger partial charge is 0.169 e. The lowest BCUT2D eigenvalue weighted by Crippen LogP contribution is -2.34. The molecule has 0 fully saturated rings. The zero-order valence-corrected chi connectivity index (χ0v) is 6.94. The summed E-state index contributed by atoms with van der Waals surface area (Å²) in [5.74, 6) is 2.40. The number of fused-ring (bicyclic) bond motifs is 1. The largest absolute Gasteiger partial charge is 0.330 e. The van der Waals surface area contributed by atoms with Crippen LogP contribution in [0.15, 0.2) is 20.0 Å². The van der Waals surface area contributed by atoms with Gasteiger partial charge in [0.25, 0.3) is 0 Å². The first-order chi connectivity index (χ1) is 5.81. The summed E-state index contributed by atoms with van der Waals surface area (Å²) in [6.45, 7) is 1.90. The Morgan fingerprint density at radius 2 is 2.42 bits per heavy atom. The third-order valence-corrected chi connectivity index (χ3v) is 1.75. The van der Waals surface area contributed by atoms with E-state index < -0.39 is 0 Å². The topological polar surface area (TPSA) is 61.5 Å². The second-order valence-electron chi connectivity index (χ2n) is 2.58. The lowest BCUT2D eigenvalue weighted by atomic mass is 10.2. The second-order valence-corrected chi connectivity index (χ2v) is 2.58. The van der Waals surface area contributed by atoms with Gasteiger partial charge in [-0.15, -0.1) is 0 Å². The molecular formula is C7H9N5. The molecule has 5 heteroatoms. The van der Waals surface area contributed by atoms with Crippen molar-refractivity contribution in [3.05, 3.63) is 0 Å². The maximum absolute atomic E-state index is 4.29. The highest BCUT2D eigenvalue weighted by atomic mass is 15.2. The molecular weight excluding hydrogens is 154 g/mol. The van der Waals surface area contributed by atoms with Crippen molar-refractivity contribution in [2.24, 2.45) is 20.0 Å². The Morgan fingerprint density at radius 3 is 3.17 bits per heavy atom. The quantitative estimate of drug-likeness (QED) is 0.530. The lowest BCUT2D eigenvalue weighted by molar-refractivity contribution is 1.10. The van der Waals surface area contributed by atoms with E-state index in [1.54, 1.807) is 7.05 Å². The predicted octanol–water partition coefficient (Wildman–Crippen LogP) is -0.155. The maximum atomic E-state index is 4.29. The number of nitrogens with one attached hydrogen (secondary N) is 1. The monoisotopic (exact) mass is 163 g/mol. The molecule has 0 spiro atoms. The molecule has 0 saturated heterocycles. The third-order valence-electron chi connectivity index (χ3n) is 1.75. The minimum absolute atomic E-state index is 0.0972. The van der Waals surface area contributed by atoms with Gasteiger partial charge in [-0.05, 0) is 6.92 Å². The fourth-order valence-electron chi connectivity index (χ4n) is 1.22. The molecule has 0 aliphatic carbocycles. The molecule has 5 nitrogen and oxygen atoms in total. The molecule has 0 bridgehead atoms. The van der Waals surface area contributed by atoms with Crippen LogP contribution in [0.1, 0.15) is 6.92 Å². The van der Waals surface area contributed by atoms with E-state index in [-0.39, 0.29) is 6.04 Å². The van der Waals surface area contributed by atoms with Crippen molar-refractivity contribution in [2.75, 3.05) is 7.05 Å². The van der Waals surface area contributed by atoms with E-state index in [4.69, 9.17) is 0 Å². The molecule has 12 heavy (non-hydrogen) atoms. The fraction of sp³-hybridized carbons (Fsp3) is 0.429. The standard InChI is InChI=1S/C7H9N5/c1-4-11-5-6(8-2)9-3-10-7(5)12-4/h3,5H,1-2H3,(H,8,9,10,11,12). The molecule has 2 aliphatic rings. The highest BCUT2D eigenvalue weighted by molar-refractivity contribution is 6.23. The minimum Gasteiger partial charge on any atom is -0.330 e. The Hall–Kier alpha value is -1.52. The van der Waals surface area contributed by atoms with Crippen LogP contribution in [-0.2, 0) is 0 Å². The number of hydrogen-bond donors (Lipinski definition) is 1. The summed E-state index contributed by atoms with van der Waals surface area (Å²) in [7, 11) is 1.71. The van der Waals surface area contributed by atoms with Crippen LogP contribution in [-0.4, -0.2) is 36.9 Å². The molecule has 0 radical (unpaired) electrons. The van der Waals surface area contributed by atoms with E-state index >= 15 is 0 Å². The average Bonchev–Trinajstić information content (AvgIpc) is 2.44. The van der Waals surface area contributed by atoms with E-state index in [2.05, 4.69) is 25.3 Å². The normalized spacial score (nSPS) is 29.5. The van der Waals surface area contributed by atoms with Crippen molar-refractivity contribution in [2.45, 2.75) is 13.0 Å².